The van der Waals surface area contributed by atoms with Crippen LogP contribution in [0.5, 0.6) is 5.75 Å². The maximum absolute atomic E-state index is 12.0. The lowest BCUT2D eigenvalue weighted by Crippen LogP contribution is -2.50. The van der Waals surface area contributed by atoms with Gasteiger partial charge in [0.15, 0.2) is 0 Å². The molecule has 0 spiro atoms. The van der Waals surface area contributed by atoms with Crippen molar-refractivity contribution < 1.29 is 14.6 Å². The van der Waals surface area contributed by atoms with E-state index >= 15 is 0 Å². The van der Waals surface area contributed by atoms with E-state index in [1.165, 1.54) is 18.2 Å². The molecule has 1 amide bonds. The summed E-state index contributed by atoms with van der Waals surface area (Å²) in [6.07, 6.45) is 0. The van der Waals surface area contributed by atoms with Crippen LogP contribution in [0.2, 0.25) is 0 Å². The average molecular weight is 231 g/mol. The van der Waals surface area contributed by atoms with E-state index in [-0.39, 0.29) is 11.4 Å². The highest BCUT2D eigenvalue weighted by Crippen LogP contribution is 2.20. The lowest BCUT2D eigenvalue weighted by Gasteiger charge is -2.17. The van der Waals surface area contributed by atoms with Crippen LogP contribution in [0.3, 0.4) is 0 Å². The average Bonchev–Trinajstić information content (AvgIpc) is 2.28. The van der Waals surface area contributed by atoms with Crippen LogP contribution in [-0.4, -0.2) is 11.0 Å². The zero-order valence-electron chi connectivity index (χ0n) is 8.73. The molecule has 0 saturated heterocycles. The van der Waals surface area contributed by atoms with E-state index in [9.17, 15) is 15.1 Å². The molecule has 0 atom stereocenters. The number of phenols is 1. The van der Waals surface area contributed by atoms with Gasteiger partial charge in [0.2, 0.25) is 5.52 Å². The molecule has 0 saturated carbocycles. The van der Waals surface area contributed by atoms with Crippen LogP contribution in [0.1, 0.15) is 16.1 Å². The third-order valence-corrected chi connectivity index (χ3v) is 2.76. The molecule has 3 N–H and O–H groups in total. The number of rotatable bonds is 0. The van der Waals surface area contributed by atoms with Crippen molar-refractivity contribution in [1.82, 2.24) is 10.9 Å². The number of nitrogens with one attached hydrogen (secondary N) is 2. The molecule has 6 heteroatoms. The molecular weight excluding hydrogens is 222 g/mol. The SMILES string of the molecule is O=C1NNCc2cc3cc(O)ccc3[n+]([O-])c21. The van der Waals surface area contributed by atoms with Crippen LogP contribution in [0, 0.1) is 5.21 Å². The summed E-state index contributed by atoms with van der Waals surface area (Å²) in [6.45, 7) is 0.384. The molecule has 0 fully saturated rings. The highest BCUT2D eigenvalue weighted by molar-refractivity contribution is 5.94. The van der Waals surface area contributed by atoms with Gasteiger partial charge in [-0.15, -0.1) is 0 Å². The van der Waals surface area contributed by atoms with Crippen molar-refractivity contribution in [3.05, 3.63) is 40.7 Å². The summed E-state index contributed by atoms with van der Waals surface area (Å²) in [5, 5.41) is 22.0. The second-order valence-corrected chi connectivity index (χ2v) is 3.86. The molecule has 1 aliphatic heterocycles. The first kappa shape index (κ1) is 9.86. The Labute approximate surface area is 96.0 Å². The minimum atomic E-state index is -0.448. The summed E-state index contributed by atoms with van der Waals surface area (Å²) in [4.78, 5) is 11.6. The van der Waals surface area contributed by atoms with Gasteiger partial charge in [0.05, 0.1) is 5.39 Å². The van der Waals surface area contributed by atoms with Crippen LogP contribution >= 0.6 is 0 Å². The number of hydrogen-bond donors (Lipinski definition) is 3. The monoisotopic (exact) mass is 231 g/mol. The summed E-state index contributed by atoms with van der Waals surface area (Å²) >= 11 is 0. The predicted octanol–water partition coefficient (Wildman–Crippen LogP) is -0.0732. The second kappa shape index (κ2) is 3.33. The first-order valence-corrected chi connectivity index (χ1v) is 5.08. The van der Waals surface area contributed by atoms with Gasteiger partial charge in [-0.05, 0) is 18.2 Å². The lowest BCUT2D eigenvalue weighted by atomic mass is 10.1. The minimum Gasteiger partial charge on any atom is -0.618 e. The number of aromatic hydroxyl groups is 1. The third-order valence-electron chi connectivity index (χ3n) is 2.76. The second-order valence-electron chi connectivity index (χ2n) is 3.86. The number of phenolic OH excluding ortho intramolecular Hbond substituents is 1. The highest BCUT2D eigenvalue weighted by Gasteiger charge is 2.27. The molecule has 86 valence electrons. The van der Waals surface area contributed by atoms with E-state index in [2.05, 4.69) is 10.9 Å². The molecule has 3 rings (SSSR count). The van der Waals surface area contributed by atoms with Crippen molar-refractivity contribution in [2.75, 3.05) is 0 Å². The van der Waals surface area contributed by atoms with Crippen molar-refractivity contribution in [3.63, 3.8) is 0 Å². The number of benzene rings is 1. The molecule has 0 unspecified atom stereocenters. The minimum absolute atomic E-state index is 0.0886. The fourth-order valence-corrected chi connectivity index (χ4v) is 2.00. The molecule has 1 aromatic carbocycles. The van der Waals surface area contributed by atoms with Crippen molar-refractivity contribution in [2.24, 2.45) is 0 Å². The third kappa shape index (κ3) is 1.38. The summed E-state index contributed by atoms with van der Waals surface area (Å²) < 4.78 is 0.597. The van der Waals surface area contributed by atoms with Crippen LogP contribution in [-0.2, 0) is 6.54 Å². The molecular formula is C11H9N3O3. The Hall–Kier alpha value is -2.34. The summed E-state index contributed by atoms with van der Waals surface area (Å²) in [7, 11) is 0. The Morgan fingerprint density at radius 1 is 1.35 bits per heavy atom. The zero-order valence-corrected chi connectivity index (χ0v) is 8.73. The van der Waals surface area contributed by atoms with Crippen LogP contribution in [0.25, 0.3) is 10.9 Å². The Morgan fingerprint density at radius 3 is 3.00 bits per heavy atom. The molecule has 1 aliphatic rings. The fourth-order valence-electron chi connectivity index (χ4n) is 2.00. The summed E-state index contributed by atoms with van der Waals surface area (Å²) in [5.41, 5.74) is 6.15. The van der Waals surface area contributed by atoms with Crippen molar-refractivity contribution >= 4 is 16.8 Å². The maximum Gasteiger partial charge on any atom is 0.331 e. The molecule has 0 radical (unpaired) electrons. The Kier molecular flexibility index (Phi) is 1.93. The number of carbonyl (C=O) groups is 1. The van der Waals surface area contributed by atoms with Gasteiger partial charge in [0, 0.05) is 18.2 Å². The van der Waals surface area contributed by atoms with Crippen LogP contribution in [0.15, 0.2) is 24.3 Å². The normalized spacial score (nSPS) is 14.5. The smallest absolute Gasteiger partial charge is 0.331 e. The number of hydrazine groups is 1. The Balaban J connectivity index is 2.39. The van der Waals surface area contributed by atoms with Crippen molar-refractivity contribution in [1.29, 1.82) is 0 Å². The Bertz CT molecular complexity index is 639. The van der Waals surface area contributed by atoms with E-state index < -0.39 is 5.91 Å². The number of amides is 1. The molecule has 2 heterocycles. The molecule has 1 aromatic heterocycles. The highest BCUT2D eigenvalue weighted by atomic mass is 16.5. The number of hydrogen-bond acceptors (Lipinski definition) is 4. The van der Waals surface area contributed by atoms with Gasteiger partial charge in [0.25, 0.3) is 5.69 Å². The van der Waals surface area contributed by atoms with E-state index in [4.69, 9.17) is 0 Å². The van der Waals surface area contributed by atoms with Gasteiger partial charge in [-0.3, -0.25) is 10.2 Å². The quantitative estimate of drug-likeness (QED) is 0.437. The molecule has 2 aromatic rings. The fraction of sp³-hybridized carbons (Fsp3) is 0.0909. The summed E-state index contributed by atoms with van der Waals surface area (Å²) in [6, 6.07) is 6.14. The topological polar surface area (TPSA) is 88.3 Å². The van der Waals surface area contributed by atoms with E-state index in [0.29, 0.717) is 27.7 Å². The first-order chi connectivity index (χ1) is 8.16. The van der Waals surface area contributed by atoms with Gasteiger partial charge in [-0.2, -0.15) is 4.73 Å². The number of nitrogens with zero attached hydrogens (tertiary/aromatic N) is 1. The van der Waals surface area contributed by atoms with Crippen LogP contribution in [0.4, 0.5) is 0 Å². The van der Waals surface area contributed by atoms with E-state index in [1.807, 2.05) is 0 Å². The number of aromatic nitrogens is 1. The van der Waals surface area contributed by atoms with Crippen molar-refractivity contribution in [3.8, 4) is 5.75 Å². The van der Waals surface area contributed by atoms with Gasteiger partial charge >= 0.3 is 5.91 Å². The van der Waals surface area contributed by atoms with Crippen LogP contribution < -0.4 is 15.6 Å². The maximum atomic E-state index is 12.0. The number of pyridine rings is 1. The van der Waals surface area contributed by atoms with Gasteiger partial charge in [0.1, 0.15) is 5.75 Å². The molecule has 6 nitrogen and oxygen atoms in total. The number of carbonyl (C=O) groups excluding carboxylic acids is 1. The van der Waals surface area contributed by atoms with E-state index in [1.54, 1.807) is 6.07 Å². The number of fused-ring (bicyclic) bond motifs is 2. The largest absolute Gasteiger partial charge is 0.618 e. The standard InChI is InChI=1S/C11H9N3O3/c15-8-1-2-9-6(4-8)3-7-5-12-13-11(16)10(7)14(9)17/h1-4,12,15H,5H2,(H,13,16). The lowest BCUT2D eigenvalue weighted by molar-refractivity contribution is -0.580. The summed E-state index contributed by atoms with van der Waals surface area (Å²) in [5.74, 6) is -0.359. The molecule has 17 heavy (non-hydrogen) atoms. The van der Waals surface area contributed by atoms with Gasteiger partial charge < -0.3 is 10.3 Å². The van der Waals surface area contributed by atoms with E-state index in [0.717, 1.165) is 0 Å². The molecule has 0 bridgehead atoms. The van der Waals surface area contributed by atoms with Gasteiger partial charge in [-0.1, -0.05) is 0 Å². The molecule has 0 aliphatic carbocycles. The van der Waals surface area contributed by atoms with Gasteiger partial charge in [-0.25, -0.2) is 5.43 Å². The Morgan fingerprint density at radius 2 is 2.18 bits per heavy atom. The predicted molar refractivity (Wildman–Crippen MR) is 58.9 cm³/mol. The van der Waals surface area contributed by atoms with Crippen molar-refractivity contribution in [2.45, 2.75) is 6.54 Å². The first-order valence-electron chi connectivity index (χ1n) is 5.08. The zero-order chi connectivity index (χ0) is 12.0.